The number of hydrogen-bond acceptors (Lipinski definition) is 3. The third-order valence-corrected chi connectivity index (χ3v) is 5.45. The van der Waals surface area contributed by atoms with E-state index in [1.807, 2.05) is 42.6 Å². The molecule has 0 spiro atoms. The van der Waals surface area contributed by atoms with E-state index in [4.69, 9.17) is 4.74 Å². The van der Waals surface area contributed by atoms with Crippen molar-refractivity contribution in [2.45, 2.75) is 26.8 Å². The number of carbonyl (C=O) groups is 1. The molecule has 6 nitrogen and oxygen atoms in total. The van der Waals surface area contributed by atoms with E-state index in [2.05, 4.69) is 24.1 Å². The van der Waals surface area contributed by atoms with E-state index in [1.165, 1.54) is 0 Å². The van der Waals surface area contributed by atoms with Gasteiger partial charge in [0.2, 0.25) is 0 Å². The Balaban J connectivity index is 1.56. The molecule has 160 valence electrons. The molecule has 4 rings (SSSR count). The number of ether oxygens (including phenoxy) is 1. The number of aromatic amines is 1. The summed E-state index contributed by atoms with van der Waals surface area (Å²) in [6.07, 6.45) is 4.34. The SMILES string of the molecule is COc1ccc2[nH]cc(CCNC(=O)c3cn(CC(C)C)c(=O)c4ccccc34)c2c1. The molecule has 0 aliphatic rings. The van der Waals surface area contributed by atoms with Crippen molar-refractivity contribution in [2.24, 2.45) is 5.92 Å². The van der Waals surface area contributed by atoms with E-state index in [1.54, 1.807) is 23.9 Å². The maximum absolute atomic E-state index is 13.0. The predicted molar refractivity (Wildman–Crippen MR) is 124 cm³/mol. The van der Waals surface area contributed by atoms with E-state index in [0.29, 0.717) is 41.8 Å². The first-order valence-electron chi connectivity index (χ1n) is 10.5. The standard InChI is InChI=1S/C25H27N3O3/c1-16(2)14-28-15-22(19-6-4-5-7-20(19)25(28)30)24(29)26-11-10-17-13-27-23-9-8-18(31-3)12-21(17)23/h4-9,12-13,15-16,27H,10-11,14H2,1-3H3,(H,26,29). The molecule has 2 heterocycles. The molecule has 0 aliphatic carbocycles. The van der Waals surface area contributed by atoms with Crippen LogP contribution in [0.15, 0.2) is 59.7 Å². The van der Waals surface area contributed by atoms with Crippen LogP contribution in [0.25, 0.3) is 21.7 Å². The molecule has 2 N–H and O–H groups in total. The number of benzene rings is 2. The van der Waals surface area contributed by atoms with Crippen LogP contribution in [-0.2, 0) is 13.0 Å². The lowest BCUT2D eigenvalue weighted by Gasteiger charge is -2.14. The van der Waals surface area contributed by atoms with Crippen LogP contribution in [0.3, 0.4) is 0 Å². The van der Waals surface area contributed by atoms with Gasteiger partial charge in [0, 0.05) is 47.2 Å². The zero-order valence-electron chi connectivity index (χ0n) is 18.1. The number of nitrogens with one attached hydrogen (secondary N) is 2. The molecule has 0 bridgehead atoms. The van der Waals surface area contributed by atoms with Gasteiger partial charge < -0.3 is 19.6 Å². The Morgan fingerprint density at radius 1 is 1.13 bits per heavy atom. The van der Waals surface area contributed by atoms with Crippen LogP contribution in [0, 0.1) is 5.92 Å². The van der Waals surface area contributed by atoms with Gasteiger partial charge in [-0.15, -0.1) is 0 Å². The van der Waals surface area contributed by atoms with Crippen LogP contribution < -0.4 is 15.6 Å². The van der Waals surface area contributed by atoms with Crippen molar-refractivity contribution in [3.63, 3.8) is 0 Å². The Morgan fingerprint density at radius 2 is 1.90 bits per heavy atom. The number of aromatic nitrogens is 2. The van der Waals surface area contributed by atoms with Crippen LogP contribution in [0.5, 0.6) is 5.75 Å². The molecule has 0 atom stereocenters. The fraction of sp³-hybridized carbons (Fsp3) is 0.280. The Kier molecular flexibility index (Phi) is 5.80. The summed E-state index contributed by atoms with van der Waals surface area (Å²) in [6, 6.07) is 13.2. The lowest BCUT2D eigenvalue weighted by atomic mass is 10.1. The summed E-state index contributed by atoms with van der Waals surface area (Å²) in [7, 11) is 1.65. The summed E-state index contributed by atoms with van der Waals surface area (Å²) in [5.74, 6) is 0.927. The number of methoxy groups -OCH3 is 1. The van der Waals surface area contributed by atoms with Crippen LogP contribution in [0.4, 0.5) is 0 Å². The highest BCUT2D eigenvalue weighted by Gasteiger charge is 2.15. The number of nitrogens with zero attached hydrogens (tertiary/aromatic N) is 1. The number of fused-ring (bicyclic) bond motifs is 2. The number of carbonyl (C=O) groups excluding carboxylic acids is 1. The second-order valence-corrected chi connectivity index (χ2v) is 8.17. The quantitative estimate of drug-likeness (QED) is 0.475. The molecule has 0 radical (unpaired) electrons. The lowest BCUT2D eigenvalue weighted by Crippen LogP contribution is -2.29. The van der Waals surface area contributed by atoms with E-state index in [0.717, 1.165) is 22.2 Å². The van der Waals surface area contributed by atoms with E-state index < -0.39 is 0 Å². The Bertz CT molecular complexity index is 1300. The number of amides is 1. The fourth-order valence-corrected chi connectivity index (χ4v) is 3.95. The normalized spacial score (nSPS) is 11.4. The third-order valence-electron chi connectivity index (χ3n) is 5.45. The average molecular weight is 418 g/mol. The molecule has 4 aromatic rings. The smallest absolute Gasteiger partial charge is 0.258 e. The first kappa shape index (κ1) is 20.7. The summed E-state index contributed by atoms with van der Waals surface area (Å²) in [4.78, 5) is 29.1. The molecule has 2 aromatic heterocycles. The van der Waals surface area contributed by atoms with Gasteiger partial charge in [-0.25, -0.2) is 0 Å². The lowest BCUT2D eigenvalue weighted by molar-refractivity contribution is 0.0955. The van der Waals surface area contributed by atoms with Crippen molar-refractivity contribution in [3.8, 4) is 5.75 Å². The molecule has 0 aliphatic heterocycles. The Hall–Kier alpha value is -3.54. The molecule has 1 amide bonds. The highest BCUT2D eigenvalue weighted by atomic mass is 16.5. The Labute approximate surface area is 180 Å². The number of pyridine rings is 1. The van der Waals surface area contributed by atoms with Gasteiger partial charge in [-0.2, -0.15) is 0 Å². The Morgan fingerprint density at radius 3 is 2.65 bits per heavy atom. The van der Waals surface area contributed by atoms with Crippen LogP contribution >= 0.6 is 0 Å². The number of H-pyrrole nitrogens is 1. The van der Waals surface area contributed by atoms with Crippen molar-refractivity contribution in [1.82, 2.24) is 14.9 Å². The number of rotatable bonds is 7. The van der Waals surface area contributed by atoms with Crippen LogP contribution in [-0.4, -0.2) is 29.1 Å². The summed E-state index contributed by atoms with van der Waals surface area (Å²) in [5, 5.41) is 5.36. The topological polar surface area (TPSA) is 76.1 Å². The molecule has 0 unspecified atom stereocenters. The molecule has 2 aromatic carbocycles. The monoisotopic (exact) mass is 417 g/mol. The largest absolute Gasteiger partial charge is 0.497 e. The maximum Gasteiger partial charge on any atom is 0.258 e. The van der Waals surface area contributed by atoms with E-state index in [9.17, 15) is 9.59 Å². The van der Waals surface area contributed by atoms with Gasteiger partial charge >= 0.3 is 0 Å². The summed E-state index contributed by atoms with van der Waals surface area (Å²) in [5.41, 5.74) is 2.61. The number of hydrogen-bond donors (Lipinski definition) is 2. The van der Waals surface area contributed by atoms with E-state index >= 15 is 0 Å². The second kappa shape index (κ2) is 8.68. The zero-order valence-corrected chi connectivity index (χ0v) is 18.1. The minimum Gasteiger partial charge on any atom is -0.497 e. The van der Waals surface area contributed by atoms with Crippen LogP contribution in [0.2, 0.25) is 0 Å². The maximum atomic E-state index is 13.0. The minimum absolute atomic E-state index is 0.0615. The van der Waals surface area contributed by atoms with Gasteiger partial charge in [0.1, 0.15) is 5.75 Å². The highest BCUT2D eigenvalue weighted by molar-refractivity contribution is 6.06. The third kappa shape index (κ3) is 4.19. The average Bonchev–Trinajstić information content (AvgIpc) is 3.17. The summed E-state index contributed by atoms with van der Waals surface area (Å²) >= 11 is 0. The van der Waals surface area contributed by atoms with Crippen LogP contribution in [0.1, 0.15) is 29.8 Å². The second-order valence-electron chi connectivity index (χ2n) is 8.17. The zero-order chi connectivity index (χ0) is 22.0. The first-order valence-corrected chi connectivity index (χ1v) is 10.5. The molecule has 0 fully saturated rings. The van der Waals surface area contributed by atoms with E-state index in [-0.39, 0.29) is 11.5 Å². The van der Waals surface area contributed by atoms with Crippen molar-refractivity contribution >= 4 is 27.6 Å². The highest BCUT2D eigenvalue weighted by Crippen LogP contribution is 2.24. The summed E-state index contributed by atoms with van der Waals surface area (Å²) in [6.45, 7) is 5.16. The van der Waals surface area contributed by atoms with Gasteiger partial charge in [0.15, 0.2) is 0 Å². The fourth-order valence-electron chi connectivity index (χ4n) is 3.95. The predicted octanol–water partition coefficient (Wildman–Crippen LogP) is 4.12. The van der Waals surface area contributed by atoms with Crippen molar-refractivity contribution in [2.75, 3.05) is 13.7 Å². The van der Waals surface area contributed by atoms with Gasteiger partial charge in [-0.1, -0.05) is 32.0 Å². The molecule has 0 saturated carbocycles. The van der Waals surface area contributed by atoms with Crippen molar-refractivity contribution < 1.29 is 9.53 Å². The molecule has 6 heteroatoms. The van der Waals surface area contributed by atoms with Gasteiger partial charge in [0.25, 0.3) is 11.5 Å². The van der Waals surface area contributed by atoms with Crippen molar-refractivity contribution in [3.05, 3.63) is 76.3 Å². The van der Waals surface area contributed by atoms with Gasteiger partial charge in [-0.3, -0.25) is 9.59 Å². The molecular formula is C25H27N3O3. The van der Waals surface area contributed by atoms with Gasteiger partial charge in [-0.05, 0) is 42.2 Å². The molecule has 0 saturated heterocycles. The molecule has 31 heavy (non-hydrogen) atoms. The van der Waals surface area contributed by atoms with Crippen molar-refractivity contribution in [1.29, 1.82) is 0 Å². The summed E-state index contributed by atoms with van der Waals surface area (Å²) < 4.78 is 6.97. The minimum atomic E-state index is -0.175. The van der Waals surface area contributed by atoms with Gasteiger partial charge in [0.05, 0.1) is 12.7 Å². The molecular weight excluding hydrogens is 390 g/mol. The first-order chi connectivity index (χ1) is 15.0.